The number of halogens is 1. The number of phenolic OH excluding ortho intramolecular Hbond substituents is 1. The van der Waals surface area contributed by atoms with E-state index in [4.69, 9.17) is 16.3 Å². The van der Waals surface area contributed by atoms with Crippen molar-refractivity contribution >= 4 is 34.8 Å². The Morgan fingerprint density at radius 1 is 1.41 bits per heavy atom. The summed E-state index contributed by atoms with van der Waals surface area (Å²) >= 11 is 7.22. The van der Waals surface area contributed by atoms with Gasteiger partial charge in [0.2, 0.25) is 0 Å². The molecule has 2 aromatic rings. The average Bonchev–Trinajstić information content (AvgIpc) is 2.97. The van der Waals surface area contributed by atoms with Gasteiger partial charge in [0.1, 0.15) is 11.3 Å². The van der Waals surface area contributed by atoms with Crippen molar-refractivity contribution in [2.45, 2.75) is 19.6 Å². The lowest BCUT2D eigenvalue weighted by Crippen LogP contribution is -2.35. The van der Waals surface area contributed by atoms with Crippen molar-refractivity contribution in [1.29, 1.82) is 0 Å². The van der Waals surface area contributed by atoms with Crippen molar-refractivity contribution in [3.8, 4) is 5.75 Å². The van der Waals surface area contributed by atoms with E-state index in [0.717, 1.165) is 4.88 Å². The van der Waals surface area contributed by atoms with Crippen LogP contribution in [0.25, 0.3) is 0 Å². The maximum atomic E-state index is 11.9. The SMILES string of the molecule is C[C@@H](OC(=O)c1ccc(Cl)cc1O)C(=O)NCc1cccs1. The zero-order chi connectivity index (χ0) is 16.1. The van der Waals surface area contributed by atoms with Crippen molar-refractivity contribution in [3.05, 3.63) is 51.2 Å². The van der Waals surface area contributed by atoms with Crippen LogP contribution < -0.4 is 5.32 Å². The van der Waals surface area contributed by atoms with Crippen molar-refractivity contribution < 1.29 is 19.4 Å². The number of carbonyl (C=O) groups is 2. The van der Waals surface area contributed by atoms with Gasteiger partial charge in [0, 0.05) is 9.90 Å². The Bertz CT molecular complexity index is 672. The fraction of sp³-hybridized carbons (Fsp3) is 0.200. The molecule has 22 heavy (non-hydrogen) atoms. The number of esters is 1. The van der Waals surface area contributed by atoms with E-state index < -0.39 is 18.0 Å². The van der Waals surface area contributed by atoms with Crippen LogP contribution in [0.5, 0.6) is 5.75 Å². The summed E-state index contributed by atoms with van der Waals surface area (Å²) < 4.78 is 5.04. The summed E-state index contributed by atoms with van der Waals surface area (Å²) in [5.74, 6) is -1.48. The van der Waals surface area contributed by atoms with Crippen LogP contribution in [-0.2, 0) is 16.1 Å². The Hall–Kier alpha value is -2.05. The largest absolute Gasteiger partial charge is 0.507 e. The second-order valence-corrected chi connectivity index (χ2v) is 5.97. The molecule has 1 heterocycles. The van der Waals surface area contributed by atoms with Gasteiger partial charge in [-0.15, -0.1) is 11.3 Å². The summed E-state index contributed by atoms with van der Waals surface area (Å²) in [6.45, 7) is 1.85. The van der Waals surface area contributed by atoms with Gasteiger partial charge < -0.3 is 15.2 Å². The number of thiophene rings is 1. The zero-order valence-corrected chi connectivity index (χ0v) is 13.3. The van der Waals surface area contributed by atoms with E-state index in [0.29, 0.717) is 11.6 Å². The monoisotopic (exact) mass is 339 g/mol. The van der Waals surface area contributed by atoms with Crippen molar-refractivity contribution in [2.24, 2.45) is 0 Å². The van der Waals surface area contributed by atoms with Crippen LogP contribution in [0.3, 0.4) is 0 Å². The third kappa shape index (κ3) is 4.22. The van der Waals surface area contributed by atoms with Gasteiger partial charge in [-0.05, 0) is 36.6 Å². The van der Waals surface area contributed by atoms with Crippen molar-refractivity contribution in [3.63, 3.8) is 0 Å². The Balaban J connectivity index is 1.91. The van der Waals surface area contributed by atoms with E-state index in [9.17, 15) is 14.7 Å². The Morgan fingerprint density at radius 2 is 2.18 bits per heavy atom. The van der Waals surface area contributed by atoms with Crippen molar-refractivity contribution in [2.75, 3.05) is 0 Å². The molecule has 0 bridgehead atoms. The highest BCUT2D eigenvalue weighted by atomic mass is 35.5. The molecular formula is C15H14ClNO4S. The number of carbonyl (C=O) groups excluding carboxylic acids is 2. The number of hydrogen-bond acceptors (Lipinski definition) is 5. The number of benzene rings is 1. The minimum atomic E-state index is -0.970. The molecule has 0 spiro atoms. The Labute approximate surface area is 136 Å². The van der Waals surface area contributed by atoms with E-state index in [1.54, 1.807) is 0 Å². The molecular weight excluding hydrogens is 326 g/mol. The molecule has 0 unspecified atom stereocenters. The lowest BCUT2D eigenvalue weighted by Gasteiger charge is -2.13. The molecule has 1 aromatic heterocycles. The first-order valence-corrected chi connectivity index (χ1v) is 7.72. The molecule has 1 aromatic carbocycles. The molecule has 0 aliphatic rings. The van der Waals surface area contributed by atoms with Crippen molar-refractivity contribution in [1.82, 2.24) is 5.32 Å². The highest BCUT2D eigenvalue weighted by Gasteiger charge is 2.20. The van der Waals surface area contributed by atoms with Gasteiger partial charge in [-0.25, -0.2) is 4.79 Å². The predicted octanol–water partition coefficient (Wildman–Crippen LogP) is 2.97. The normalized spacial score (nSPS) is 11.7. The molecule has 116 valence electrons. The highest BCUT2D eigenvalue weighted by molar-refractivity contribution is 7.09. The van der Waals surface area contributed by atoms with E-state index >= 15 is 0 Å². The molecule has 1 atom stereocenters. The van der Waals surface area contributed by atoms with Crippen LogP contribution in [0, 0.1) is 0 Å². The van der Waals surface area contributed by atoms with Gasteiger partial charge >= 0.3 is 5.97 Å². The van der Waals surface area contributed by atoms with Gasteiger partial charge in [-0.1, -0.05) is 17.7 Å². The smallest absolute Gasteiger partial charge is 0.342 e. The maximum Gasteiger partial charge on any atom is 0.342 e. The van der Waals surface area contributed by atoms with Crippen LogP contribution in [0.1, 0.15) is 22.2 Å². The number of ether oxygens (including phenoxy) is 1. The molecule has 0 aliphatic heterocycles. The molecule has 7 heteroatoms. The number of aromatic hydroxyl groups is 1. The zero-order valence-electron chi connectivity index (χ0n) is 11.7. The van der Waals surface area contributed by atoms with E-state index in [-0.39, 0.29) is 11.3 Å². The van der Waals surface area contributed by atoms with Gasteiger partial charge in [-0.3, -0.25) is 4.79 Å². The Morgan fingerprint density at radius 3 is 2.82 bits per heavy atom. The van der Waals surface area contributed by atoms with Crippen LogP contribution in [-0.4, -0.2) is 23.1 Å². The quantitative estimate of drug-likeness (QED) is 0.821. The minimum absolute atomic E-state index is 0.0395. The number of amides is 1. The fourth-order valence-electron chi connectivity index (χ4n) is 1.69. The molecule has 0 fully saturated rings. The highest BCUT2D eigenvalue weighted by Crippen LogP contribution is 2.22. The summed E-state index contributed by atoms with van der Waals surface area (Å²) in [6.07, 6.45) is -0.970. The molecule has 5 nitrogen and oxygen atoms in total. The van der Waals surface area contributed by atoms with E-state index in [1.807, 2.05) is 17.5 Å². The average molecular weight is 340 g/mol. The van der Waals surface area contributed by atoms with Crippen LogP contribution >= 0.6 is 22.9 Å². The summed E-state index contributed by atoms with van der Waals surface area (Å²) in [4.78, 5) is 24.8. The first-order valence-electron chi connectivity index (χ1n) is 6.47. The van der Waals surface area contributed by atoms with Gasteiger partial charge in [0.05, 0.1) is 6.54 Å². The molecule has 0 saturated carbocycles. The van der Waals surface area contributed by atoms with Gasteiger partial charge in [0.25, 0.3) is 5.91 Å². The molecule has 0 saturated heterocycles. The van der Waals surface area contributed by atoms with Crippen LogP contribution in [0.4, 0.5) is 0 Å². The summed E-state index contributed by atoms with van der Waals surface area (Å²) in [5.41, 5.74) is -0.0395. The number of nitrogens with one attached hydrogen (secondary N) is 1. The summed E-state index contributed by atoms with van der Waals surface area (Å²) in [6, 6.07) is 7.82. The summed E-state index contributed by atoms with van der Waals surface area (Å²) in [7, 11) is 0. The minimum Gasteiger partial charge on any atom is -0.507 e. The standard InChI is InChI=1S/C15H14ClNO4S/c1-9(14(19)17-8-11-3-2-6-22-11)21-15(20)12-5-4-10(16)7-13(12)18/h2-7,9,18H,8H2,1H3,(H,17,19)/t9-/m1/s1. The third-order valence-corrected chi connectivity index (χ3v) is 3.96. The second kappa shape index (κ2) is 7.29. The van der Waals surface area contributed by atoms with E-state index in [2.05, 4.69) is 5.32 Å². The number of hydrogen-bond donors (Lipinski definition) is 2. The maximum absolute atomic E-state index is 11.9. The molecule has 1 amide bonds. The number of phenols is 1. The van der Waals surface area contributed by atoms with E-state index in [1.165, 1.54) is 36.5 Å². The fourth-order valence-corrected chi connectivity index (χ4v) is 2.50. The Kier molecular flexibility index (Phi) is 5.41. The topological polar surface area (TPSA) is 75.6 Å². The lowest BCUT2D eigenvalue weighted by molar-refractivity contribution is -0.129. The molecule has 0 aliphatic carbocycles. The molecule has 2 rings (SSSR count). The molecule has 0 radical (unpaired) electrons. The first kappa shape index (κ1) is 16.3. The number of rotatable bonds is 5. The summed E-state index contributed by atoms with van der Waals surface area (Å²) in [5, 5.41) is 14.5. The third-order valence-electron chi connectivity index (χ3n) is 2.85. The van der Waals surface area contributed by atoms with Crippen LogP contribution in [0.2, 0.25) is 5.02 Å². The first-order chi connectivity index (χ1) is 10.5. The molecule has 2 N–H and O–H groups in total. The second-order valence-electron chi connectivity index (χ2n) is 4.51. The van der Waals surface area contributed by atoms with Gasteiger partial charge in [0.15, 0.2) is 6.10 Å². The van der Waals surface area contributed by atoms with Crippen LogP contribution in [0.15, 0.2) is 35.7 Å². The predicted molar refractivity (Wildman–Crippen MR) is 84.2 cm³/mol. The van der Waals surface area contributed by atoms with Gasteiger partial charge in [-0.2, -0.15) is 0 Å². The lowest BCUT2D eigenvalue weighted by atomic mass is 10.2.